The quantitative estimate of drug-likeness (QED) is 0.165. The second kappa shape index (κ2) is 13.7. The van der Waals surface area contributed by atoms with Gasteiger partial charge in [-0.05, 0) is 73.6 Å². The minimum absolute atomic E-state index is 0.0929. The smallest absolute Gasteiger partial charge is 0.316 e. The second-order valence-electron chi connectivity index (χ2n) is 8.79. The number of hydrogen-bond donors (Lipinski definition) is 2. The van der Waals surface area contributed by atoms with Gasteiger partial charge in [-0.25, -0.2) is 13.2 Å². The average molecular weight is 516 g/mol. The molecule has 188 valence electrons. The molecule has 0 radical (unpaired) electrons. The molecular weight excluding hydrogens is 482 g/mol. The fraction of sp³-hybridized carbons (Fsp3) is 0.520. The van der Waals surface area contributed by atoms with Gasteiger partial charge in [-0.15, -0.1) is 11.8 Å². The van der Waals surface area contributed by atoms with Crippen LogP contribution in [0.5, 0.6) is 0 Å². The first-order valence-corrected chi connectivity index (χ1v) is 14.1. The second-order valence-corrected chi connectivity index (χ2v) is 10.7. The lowest BCUT2D eigenvalue weighted by atomic mass is 9.75. The molecule has 0 heterocycles. The van der Waals surface area contributed by atoms with Gasteiger partial charge >= 0.3 is 8.25 Å². The largest absolute Gasteiger partial charge is 0.326 e. The molecule has 1 aliphatic rings. The molecule has 0 aromatic heterocycles. The molecule has 34 heavy (non-hydrogen) atoms. The molecule has 1 aliphatic carbocycles. The van der Waals surface area contributed by atoms with Crippen molar-refractivity contribution < 1.29 is 27.2 Å². The molecule has 4 nitrogen and oxygen atoms in total. The van der Waals surface area contributed by atoms with Crippen LogP contribution < -0.4 is 5.32 Å². The van der Waals surface area contributed by atoms with E-state index in [0.717, 1.165) is 50.5 Å². The zero-order valence-corrected chi connectivity index (χ0v) is 21.1. The normalized spacial score (nSPS) is 16.1. The van der Waals surface area contributed by atoms with Gasteiger partial charge in [-0.3, -0.25) is 4.57 Å². The van der Waals surface area contributed by atoms with E-state index in [2.05, 4.69) is 9.84 Å². The Kier molecular flexibility index (Phi) is 11.0. The van der Waals surface area contributed by atoms with E-state index in [1.807, 2.05) is 12.1 Å². The standard InChI is InChI=1S/C25H33F3NO3PS/c26-21-9-2-1-8-20(21)25(10-3-4-11-25)12-5-6-15-34-24-17-22(27)19(16-23(24)28)18-29-13-7-14-32-33(30)31/h1-2,8-9,16-17,29,33H,3-7,10-15,18H2,(H,30,31). The van der Waals surface area contributed by atoms with Gasteiger partial charge in [0.2, 0.25) is 0 Å². The van der Waals surface area contributed by atoms with Crippen LogP contribution in [-0.2, 0) is 21.0 Å². The Labute approximate surface area is 204 Å². The van der Waals surface area contributed by atoms with Crippen LogP contribution in [0.1, 0.15) is 62.5 Å². The molecular formula is C25H33F3NO3PS. The fourth-order valence-corrected chi connectivity index (χ4v) is 6.01. The molecule has 3 rings (SSSR count). The van der Waals surface area contributed by atoms with Crippen molar-refractivity contribution in [2.24, 2.45) is 0 Å². The van der Waals surface area contributed by atoms with Crippen molar-refractivity contribution in [3.8, 4) is 0 Å². The molecule has 2 aromatic carbocycles. The van der Waals surface area contributed by atoms with Crippen LogP contribution >= 0.6 is 20.0 Å². The number of benzene rings is 2. The van der Waals surface area contributed by atoms with Crippen LogP contribution in [0, 0.1) is 17.5 Å². The molecule has 9 heteroatoms. The lowest BCUT2D eigenvalue weighted by Crippen LogP contribution is -2.23. The Morgan fingerprint density at radius 3 is 2.53 bits per heavy atom. The fourth-order valence-electron chi connectivity index (χ4n) is 4.74. The van der Waals surface area contributed by atoms with Crippen LogP contribution in [0.15, 0.2) is 41.3 Å². The molecule has 1 fully saturated rings. The molecule has 2 N–H and O–H groups in total. The molecule has 0 aliphatic heterocycles. The summed E-state index contributed by atoms with van der Waals surface area (Å²) in [7, 11) is -2.93. The number of rotatable bonds is 14. The summed E-state index contributed by atoms with van der Waals surface area (Å²) in [5.41, 5.74) is 0.977. The SMILES string of the molecule is O=[PH](O)OCCCNCc1cc(F)c(SCCCCC2(c3ccccc3F)CCCC2)cc1F. The molecule has 1 unspecified atom stereocenters. The third-order valence-corrected chi connectivity index (χ3v) is 8.02. The first-order chi connectivity index (χ1) is 16.4. The monoisotopic (exact) mass is 515 g/mol. The maximum Gasteiger partial charge on any atom is 0.316 e. The van der Waals surface area contributed by atoms with Crippen LogP contribution in [0.4, 0.5) is 13.2 Å². The first-order valence-electron chi connectivity index (χ1n) is 11.8. The van der Waals surface area contributed by atoms with E-state index in [-0.39, 0.29) is 29.9 Å². The minimum Gasteiger partial charge on any atom is -0.326 e. The number of nitrogens with one attached hydrogen (secondary N) is 1. The number of thioether (sulfide) groups is 1. The van der Waals surface area contributed by atoms with Crippen molar-refractivity contribution in [3.63, 3.8) is 0 Å². The molecule has 2 aromatic rings. The third kappa shape index (κ3) is 7.85. The van der Waals surface area contributed by atoms with Gasteiger partial charge in [0.15, 0.2) is 0 Å². The van der Waals surface area contributed by atoms with E-state index in [1.165, 1.54) is 30.0 Å². The van der Waals surface area contributed by atoms with E-state index in [9.17, 15) is 17.7 Å². The number of unbranched alkanes of at least 4 members (excludes halogenated alkanes) is 1. The average Bonchev–Trinajstić information content (AvgIpc) is 3.28. The summed E-state index contributed by atoms with van der Waals surface area (Å²) in [5.74, 6) is -0.349. The Morgan fingerprint density at radius 2 is 1.79 bits per heavy atom. The zero-order valence-electron chi connectivity index (χ0n) is 19.3. The zero-order chi connectivity index (χ0) is 24.4. The lowest BCUT2D eigenvalue weighted by Gasteiger charge is -2.30. The minimum atomic E-state index is -2.93. The molecule has 1 atom stereocenters. The summed E-state index contributed by atoms with van der Waals surface area (Å²) in [5, 5.41) is 2.98. The lowest BCUT2D eigenvalue weighted by molar-refractivity contribution is 0.276. The van der Waals surface area contributed by atoms with Crippen LogP contribution in [0.2, 0.25) is 0 Å². The Morgan fingerprint density at radius 1 is 1.03 bits per heavy atom. The molecule has 0 saturated heterocycles. The highest BCUT2D eigenvalue weighted by molar-refractivity contribution is 7.99. The van der Waals surface area contributed by atoms with Crippen LogP contribution in [0.3, 0.4) is 0 Å². The van der Waals surface area contributed by atoms with Crippen molar-refractivity contribution in [2.45, 2.75) is 68.2 Å². The topological polar surface area (TPSA) is 58.6 Å². The maximum atomic E-state index is 14.5. The van der Waals surface area contributed by atoms with Crippen molar-refractivity contribution in [1.82, 2.24) is 5.32 Å². The summed E-state index contributed by atoms with van der Waals surface area (Å²) in [6, 6.07) is 9.55. The van der Waals surface area contributed by atoms with Gasteiger partial charge in [0.05, 0.1) is 6.61 Å². The predicted octanol–water partition coefficient (Wildman–Crippen LogP) is 6.76. The van der Waals surface area contributed by atoms with Crippen molar-refractivity contribution in [3.05, 3.63) is 65.0 Å². The third-order valence-electron chi connectivity index (χ3n) is 6.45. The van der Waals surface area contributed by atoms with Gasteiger partial charge in [0, 0.05) is 17.0 Å². The Balaban J connectivity index is 1.43. The first kappa shape index (κ1) is 27.3. The summed E-state index contributed by atoms with van der Waals surface area (Å²) >= 11 is 1.31. The molecule has 0 bridgehead atoms. The summed E-state index contributed by atoms with van der Waals surface area (Å²) in [6.07, 6.45) is 7.43. The Bertz CT molecular complexity index is 957. The predicted molar refractivity (Wildman–Crippen MR) is 131 cm³/mol. The van der Waals surface area contributed by atoms with E-state index < -0.39 is 19.9 Å². The highest BCUT2D eigenvalue weighted by Crippen LogP contribution is 2.45. The van der Waals surface area contributed by atoms with Gasteiger partial charge < -0.3 is 14.7 Å². The van der Waals surface area contributed by atoms with Crippen molar-refractivity contribution in [2.75, 3.05) is 18.9 Å². The number of hydrogen-bond acceptors (Lipinski definition) is 4. The van der Waals surface area contributed by atoms with Gasteiger partial charge in [0.1, 0.15) is 17.5 Å². The summed E-state index contributed by atoms with van der Waals surface area (Å²) < 4.78 is 58.4. The van der Waals surface area contributed by atoms with E-state index >= 15 is 0 Å². The highest BCUT2D eigenvalue weighted by Gasteiger charge is 2.36. The summed E-state index contributed by atoms with van der Waals surface area (Å²) in [6.45, 7) is 0.760. The molecule has 1 saturated carbocycles. The number of halogens is 3. The molecule has 0 amide bonds. The highest BCUT2D eigenvalue weighted by atomic mass is 32.2. The van der Waals surface area contributed by atoms with Crippen LogP contribution in [-0.4, -0.2) is 23.8 Å². The maximum absolute atomic E-state index is 14.5. The van der Waals surface area contributed by atoms with Gasteiger partial charge in [-0.1, -0.05) is 37.5 Å². The molecule has 0 spiro atoms. The van der Waals surface area contributed by atoms with E-state index in [4.69, 9.17) is 4.89 Å². The van der Waals surface area contributed by atoms with Gasteiger partial charge in [-0.2, -0.15) is 0 Å². The van der Waals surface area contributed by atoms with E-state index in [0.29, 0.717) is 23.6 Å². The van der Waals surface area contributed by atoms with Gasteiger partial charge in [0.25, 0.3) is 0 Å². The van der Waals surface area contributed by atoms with E-state index in [1.54, 1.807) is 6.07 Å². The van der Waals surface area contributed by atoms with Crippen LogP contribution in [0.25, 0.3) is 0 Å². The Hall–Kier alpha value is -1.31. The van der Waals surface area contributed by atoms with Crippen molar-refractivity contribution in [1.29, 1.82) is 0 Å². The summed E-state index contributed by atoms with van der Waals surface area (Å²) in [4.78, 5) is 8.88. The van der Waals surface area contributed by atoms with Crippen molar-refractivity contribution >= 4 is 20.0 Å².